The van der Waals surface area contributed by atoms with E-state index in [4.69, 9.17) is 13.2 Å². The topological polar surface area (TPSA) is 12.0 Å². The third-order valence-corrected chi connectivity index (χ3v) is 13.9. The summed E-state index contributed by atoms with van der Waals surface area (Å²) >= 11 is 0. The lowest BCUT2D eigenvalue weighted by Crippen LogP contribution is -2.35. The third-order valence-electron chi connectivity index (χ3n) is 13.9. The van der Waals surface area contributed by atoms with E-state index in [0.29, 0.717) is 0 Å². The van der Waals surface area contributed by atoms with Crippen molar-refractivity contribution >= 4 is 6.08 Å². The van der Waals surface area contributed by atoms with Crippen LogP contribution < -0.4 is 5.32 Å². The number of benzene rings is 1. The van der Waals surface area contributed by atoms with Gasteiger partial charge in [0.05, 0.1) is 0 Å². The second kappa shape index (κ2) is 19.2. The molecule has 1 aromatic rings. The van der Waals surface area contributed by atoms with Crippen LogP contribution in [0, 0.1) is 36.0 Å². The van der Waals surface area contributed by atoms with Gasteiger partial charge < -0.3 is 5.32 Å². The lowest BCUT2D eigenvalue weighted by molar-refractivity contribution is 0.183. The first-order valence-corrected chi connectivity index (χ1v) is 21.8. The zero-order valence-corrected chi connectivity index (χ0v) is 38.6. The van der Waals surface area contributed by atoms with E-state index in [-0.39, 0.29) is 22.2 Å². The maximum Gasteiger partial charge on any atom is 0.0343 e. The van der Waals surface area contributed by atoms with Gasteiger partial charge in [-0.2, -0.15) is 0 Å². The van der Waals surface area contributed by atoms with Crippen molar-refractivity contribution in [3.8, 4) is 0 Å². The molecule has 1 saturated carbocycles. The quantitative estimate of drug-likeness (QED) is 0.157. The van der Waals surface area contributed by atoms with E-state index >= 15 is 0 Å². The second-order valence-corrected chi connectivity index (χ2v) is 18.8. The Morgan fingerprint density at radius 3 is 2.13 bits per heavy atom. The predicted molar refractivity (Wildman–Crippen MR) is 247 cm³/mol. The Balaban J connectivity index is 2.35. The minimum atomic E-state index is 0.0735. The molecule has 2 aliphatic carbocycles. The van der Waals surface area contributed by atoms with E-state index in [2.05, 4.69) is 159 Å². The first-order chi connectivity index (χ1) is 25.7. The Bertz CT molecular complexity index is 1800. The molecule has 3 rings (SSSR count). The van der Waals surface area contributed by atoms with Gasteiger partial charge in [0, 0.05) is 18.2 Å². The van der Waals surface area contributed by atoms with Crippen LogP contribution in [0.4, 0.5) is 0 Å². The van der Waals surface area contributed by atoms with Gasteiger partial charge in [-0.1, -0.05) is 152 Å². The fourth-order valence-corrected chi connectivity index (χ4v) is 8.58. The Labute approximate surface area is 340 Å². The molecule has 0 aromatic heterocycles. The highest BCUT2D eigenvalue weighted by Gasteiger charge is 2.41. The van der Waals surface area contributed by atoms with Gasteiger partial charge in [0.15, 0.2) is 0 Å². The summed E-state index contributed by atoms with van der Waals surface area (Å²) < 4.78 is 0. The van der Waals surface area contributed by atoms with E-state index < -0.39 is 0 Å². The molecular weight excluding hydrogens is 663 g/mol. The number of hydrogen-bond donors (Lipinski definition) is 1. The van der Waals surface area contributed by atoms with Crippen molar-refractivity contribution in [2.75, 3.05) is 6.54 Å². The highest BCUT2D eigenvalue weighted by molar-refractivity contribution is 5.63. The van der Waals surface area contributed by atoms with Gasteiger partial charge in [-0.05, 0) is 167 Å². The summed E-state index contributed by atoms with van der Waals surface area (Å²) in [5, 5.41) is 3.68. The molecule has 0 bridgehead atoms. The zero-order valence-electron chi connectivity index (χ0n) is 38.6. The molecular formula is C54H81N. The lowest BCUT2D eigenvalue weighted by Gasteiger charge is -2.46. The van der Waals surface area contributed by atoms with Gasteiger partial charge in [-0.25, -0.2) is 0 Å². The van der Waals surface area contributed by atoms with E-state index in [1.54, 1.807) is 0 Å². The number of unbranched alkanes of at least 4 members (excludes halogenated alkanes) is 1. The van der Waals surface area contributed by atoms with Crippen LogP contribution in [-0.2, 0) is 6.42 Å². The first-order valence-electron chi connectivity index (χ1n) is 21.8. The molecule has 1 unspecified atom stereocenters. The van der Waals surface area contributed by atoms with Crippen molar-refractivity contribution < 1.29 is 0 Å². The van der Waals surface area contributed by atoms with Gasteiger partial charge in [0.25, 0.3) is 0 Å². The summed E-state index contributed by atoms with van der Waals surface area (Å²) in [6, 6.07) is 4.76. The van der Waals surface area contributed by atoms with Gasteiger partial charge in [0.1, 0.15) is 0 Å². The van der Waals surface area contributed by atoms with E-state index in [9.17, 15) is 0 Å². The molecule has 1 heteroatoms. The summed E-state index contributed by atoms with van der Waals surface area (Å²) in [7, 11) is 0. The van der Waals surface area contributed by atoms with Crippen molar-refractivity contribution in [2.24, 2.45) is 22.2 Å². The molecule has 1 fully saturated rings. The van der Waals surface area contributed by atoms with Crippen LogP contribution in [0.15, 0.2) is 111 Å². The Hall–Kier alpha value is -3.32. The summed E-state index contributed by atoms with van der Waals surface area (Å²) in [6.07, 6.45) is 22.4. The molecule has 2 aliphatic rings. The summed E-state index contributed by atoms with van der Waals surface area (Å²) in [5.41, 5.74) is 20.8. The molecule has 1 atom stereocenters. The van der Waals surface area contributed by atoms with Crippen molar-refractivity contribution in [3.05, 3.63) is 133 Å². The molecule has 0 aliphatic heterocycles. The average Bonchev–Trinajstić information content (AvgIpc) is 3.11. The van der Waals surface area contributed by atoms with Gasteiger partial charge in [0.2, 0.25) is 0 Å². The monoisotopic (exact) mass is 744 g/mol. The minimum absolute atomic E-state index is 0.0735. The summed E-state index contributed by atoms with van der Waals surface area (Å²) in [4.78, 5) is 0. The second-order valence-electron chi connectivity index (χ2n) is 18.8. The molecule has 302 valence electrons. The summed E-state index contributed by atoms with van der Waals surface area (Å²) in [6.45, 7) is 47.9. The standard InChI is InChI=1S/C54H81N/c1-19-23-24-26-45-28-29-46(40(9)39(45)8)35-54(31-25-32-54)43(12)51(44(13)55-22-4)42(11)41(10)50(36(5)20-2)49(33-38(7)53(17,18)21-3)48-34-47(52(14,15)16)30-27-37(48)6/h20,24,26,28-29,33-34,41,55H,11,13,19,21-23,25,27,30-32,35H2,1-10,12,14-18H3/b26-24-,36-20-,38-33+,50-49-,51-43-. The SMILES string of the molecule is C=C(NCC)/C(C(=C)C(C)C(/C(C)=C\C)=C(/C=C(\C)C(C)(C)CC)C1=C(C)CCC(C(C)(C)C)=C1)=C(/C)C1(Cc2ccc(/C=C\CCC)c(C)c2C)CCC1. The van der Waals surface area contributed by atoms with Crippen LogP contribution >= 0.6 is 0 Å². The molecule has 0 saturated heterocycles. The van der Waals surface area contributed by atoms with E-state index in [1.165, 1.54) is 104 Å². The average molecular weight is 744 g/mol. The molecule has 0 radical (unpaired) electrons. The Morgan fingerprint density at radius 2 is 1.60 bits per heavy atom. The van der Waals surface area contributed by atoms with Crippen molar-refractivity contribution in [1.29, 1.82) is 0 Å². The normalized spacial score (nSPS) is 18.4. The van der Waals surface area contributed by atoms with Crippen molar-refractivity contribution in [2.45, 2.75) is 169 Å². The highest BCUT2D eigenvalue weighted by Crippen LogP contribution is 2.53. The van der Waals surface area contributed by atoms with Crippen LogP contribution in [-0.4, -0.2) is 6.54 Å². The first kappa shape index (κ1) is 46.1. The number of rotatable bonds is 17. The van der Waals surface area contributed by atoms with Crippen LogP contribution in [0.25, 0.3) is 6.08 Å². The van der Waals surface area contributed by atoms with Gasteiger partial charge in [-0.3, -0.25) is 0 Å². The van der Waals surface area contributed by atoms with Crippen molar-refractivity contribution in [1.82, 2.24) is 5.32 Å². The van der Waals surface area contributed by atoms with E-state index in [0.717, 1.165) is 44.3 Å². The lowest BCUT2D eigenvalue weighted by atomic mass is 9.59. The molecule has 0 amide bonds. The number of likely N-dealkylation sites (N-methyl/N-ethyl adjacent to an activating group) is 1. The molecule has 0 heterocycles. The maximum absolute atomic E-state index is 5.04. The molecule has 1 aromatic carbocycles. The van der Waals surface area contributed by atoms with E-state index in [1.807, 2.05) is 0 Å². The van der Waals surface area contributed by atoms with Crippen molar-refractivity contribution in [3.63, 3.8) is 0 Å². The van der Waals surface area contributed by atoms with Gasteiger partial charge >= 0.3 is 0 Å². The van der Waals surface area contributed by atoms with Crippen LogP contribution in [0.1, 0.15) is 171 Å². The fourth-order valence-electron chi connectivity index (χ4n) is 8.58. The number of allylic oxidation sites excluding steroid dienone is 13. The largest absolute Gasteiger partial charge is 0.385 e. The Morgan fingerprint density at radius 1 is 0.945 bits per heavy atom. The Kier molecular flexibility index (Phi) is 16.1. The smallest absolute Gasteiger partial charge is 0.0343 e. The number of nitrogens with one attached hydrogen (secondary N) is 1. The fraction of sp³-hybridized carbons (Fsp3) is 0.556. The maximum atomic E-state index is 5.04. The molecule has 55 heavy (non-hydrogen) atoms. The van der Waals surface area contributed by atoms with Crippen LogP contribution in [0.2, 0.25) is 0 Å². The minimum Gasteiger partial charge on any atom is -0.385 e. The molecule has 0 spiro atoms. The predicted octanol–water partition coefficient (Wildman–Crippen LogP) is 16.2. The van der Waals surface area contributed by atoms with Crippen LogP contribution in [0.5, 0.6) is 0 Å². The molecule has 1 N–H and O–H groups in total. The summed E-state index contributed by atoms with van der Waals surface area (Å²) in [5.74, 6) is 0.0735. The third kappa shape index (κ3) is 10.6. The molecule has 1 nitrogen and oxygen atoms in total. The highest BCUT2D eigenvalue weighted by atomic mass is 14.9. The zero-order chi connectivity index (χ0) is 41.5. The van der Waals surface area contributed by atoms with Gasteiger partial charge in [-0.15, -0.1) is 0 Å². The van der Waals surface area contributed by atoms with Crippen LogP contribution in [0.3, 0.4) is 0 Å². The number of hydrogen-bond acceptors (Lipinski definition) is 1.